The van der Waals surface area contributed by atoms with Gasteiger partial charge in [0.15, 0.2) is 5.60 Å². The second-order valence-electron chi connectivity index (χ2n) is 11.9. The summed E-state index contributed by atoms with van der Waals surface area (Å²) in [5.74, 6) is -0.262. The summed E-state index contributed by atoms with van der Waals surface area (Å²) in [6, 6.07) is 5.91. The molecule has 3 atom stereocenters. The van der Waals surface area contributed by atoms with Gasteiger partial charge in [0.25, 0.3) is 0 Å². The number of likely N-dealkylation sites (N-methyl/N-ethyl adjacent to an activating group) is 1. The summed E-state index contributed by atoms with van der Waals surface area (Å²) in [7, 11) is 1.56. The fourth-order valence-corrected chi connectivity index (χ4v) is 6.00. The van der Waals surface area contributed by atoms with Crippen molar-refractivity contribution in [2.45, 2.75) is 89.8 Å². The van der Waals surface area contributed by atoms with Crippen molar-refractivity contribution < 1.29 is 19.2 Å². The Balaban J connectivity index is 1.51. The summed E-state index contributed by atoms with van der Waals surface area (Å²) in [5.41, 5.74) is 0.245. The predicted octanol–water partition coefficient (Wildman–Crippen LogP) is 4.05. The Labute approximate surface area is 224 Å². The van der Waals surface area contributed by atoms with Gasteiger partial charge >= 0.3 is 0 Å². The van der Waals surface area contributed by atoms with Crippen LogP contribution in [0.2, 0.25) is 5.02 Å². The normalized spacial score (nSPS) is 24.9. The van der Waals surface area contributed by atoms with Crippen molar-refractivity contribution in [3.8, 4) is 0 Å². The number of nitrogens with one attached hydrogen (secondary N) is 2. The minimum absolute atomic E-state index is 0.103. The lowest BCUT2D eigenvalue weighted by Gasteiger charge is -2.35. The molecule has 0 radical (unpaired) electrons. The fourth-order valence-electron chi connectivity index (χ4n) is 5.81. The van der Waals surface area contributed by atoms with Crippen molar-refractivity contribution >= 4 is 35.0 Å². The van der Waals surface area contributed by atoms with Gasteiger partial charge in [0.1, 0.15) is 12.1 Å². The first-order valence-electron chi connectivity index (χ1n) is 13.3. The van der Waals surface area contributed by atoms with Gasteiger partial charge in [0, 0.05) is 36.9 Å². The Morgan fingerprint density at radius 2 is 1.95 bits per heavy atom. The minimum Gasteiger partial charge on any atom is -0.387 e. The smallest absolute Gasteiger partial charge is 0.246 e. The van der Waals surface area contributed by atoms with E-state index < -0.39 is 23.1 Å². The van der Waals surface area contributed by atoms with Crippen LogP contribution < -0.4 is 10.6 Å². The number of halogens is 1. The van der Waals surface area contributed by atoms with Crippen LogP contribution in [-0.2, 0) is 19.2 Å². The summed E-state index contributed by atoms with van der Waals surface area (Å²) >= 11 is 6.17. The van der Waals surface area contributed by atoms with Gasteiger partial charge < -0.3 is 20.4 Å². The van der Waals surface area contributed by atoms with E-state index in [1.165, 1.54) is 6.42 Å². The Hall–Kier alpha value is -2.61. The molecule has 9 heteroatoms. The highest BCUT2D eigenvalue weighted by Crippen LogP contribution is 2.40. The number of hydrogen-bond donors (Lipinski definition) is 2. The zero-order valence-corrected chi connectivity index (χ0v) is 23.1. The third-order valence-electron chi connectivity index (χ3n) is 7.85. The van der Waals surface area contributed by atoms with Crippen molar-refractivity contribution in [1.29, 1.82) is 0 Å². The van der Waals surface area contributed by atoms with E-state index in [1.54, 1.807) is 18.0 Å². The van der Waals surface area contributed by atoms with Gasteiger partial charge in [-0.1, -0.05) is 68.9 Å². The molecule has 1 saturated carbocycles. The molecule has 2 aliphatic heterocycles. The largest absolute Gasteiger partial charge is 0.387 e. The standard InChI is InChI=1S/C28H39ClN4O4/c1-27(2,3)24(31-23(34)13-18-9-6-5-7-10-18)26(36)33-17-28(16-22(33)25(35)30-4)15-21(32-37-28)19-11-8-12-20(29)14-19/h8,11-12,14,18,22,24H,5-7,9-10,13,15-17H2,1-4H3,(H,30,35)(H,31,34)/t22-,24+,28+/m0/s1. The second-order valence-corrected chi connectivity index (χ2v) is 12.3. The van der Waals surface area contributed by atoms with E-state index in [9.17, 15) is 14.4 Å². The molecule has 1 saturated heterocycles. The quantitative estimate of drug-likeness (QED) is 0.579. The molecule has 1 aromatic carbocycles. The highest BCUT2D eigenvalue weighted by molar-refractivity contribution is 6.31. The molecular formula is C28H39ClN4O4. The van der Waals surface area contributed by atoms with Crippen LogP contribution in [0.25, 0.3) is 0 Å². The Morgan fingerprint density at radius 1 is 1.22 bits per heavy atom. The first-order chi connectivity index (χ1) is 17.5. The molecule has 1 aromatic rings. The number of oxime groups is 1. The van der Waals surface area contributed by atoms with Crippen molar-refractivity contribution in [2.75, 3.05) is 13.6 Å². The van der Waals surface area contributed by atoms with Gasteiger partial charge in [-0.2, -0.15) is 0 Å². The van der Waals surface area contributed by atoms with E-state index in [0.717, 1.165) is 37.0 Å². The lowest BCUT2D eigenvalue weighted by atomic mass is 9.84. The van der Waals surface area contributed by atoms with Gasteiger partial charge in [-0.3, -0.25) is 14.4 Å². The lowest BCUT2D eigenvalue weighted by molar-refractivity contribution is -0.144. The molecule has 0 aromatic heterocycles. The maximum absolute atomic E-state index is 14.0. The van der Waals surface area contributed by atoms with E-state index in [-0.39, 0.29) is 24.3 Å². The molecule has 2 N–H and O–H groups in total. The Morgan fingerprint density at radius 3 is 2.59 bits per heavy atom. The molecule has 8 nitrogen and oxygen atoms in total. The van der Waals surface area contributed by atoms with Crippen LogP contribution >= 0.6 is 11.6 Å². The topological polar surface area (TPSA) is 100 Å². The van der Waals surface area contributed by atoms with Crippen LogP contribution in [0.5, 0.6) is 0 Å². The third-order valence-corrected chi connectivity index (χ3v) is 8.08. The number of carbonyl (C=O) groups excluding carboxylic acids is 3. The van der Waals surface area contributed by atoms with E-state index in [0.29, 0.717) is 30.2 Å². The average Bonchev–Trinajstić information content (AvgIpc) is 3.45. The molecule has 3 amide bonds. The third kappa shape index (κ3) is 6.28. The van der Waals surface area contributed by atoms with Gasteiger partial charge in [0.2, 0.25) is 17.7 Å². The van der Waals surface area contributed by atoms with Crippen LogP contribution in [-0.4, -0.2) is 59.6 Å². The molecule has 1 aliphatic carbocycles. The van der Waals surface area contributed by atoms with E-state index in [4.69, 9.17) is 16.4 Å². The minimum atomic E-state index is -0.807. The summed E-state index contributed by atoms with van der Waals surface area (Å²) in [5, 5.41) is 10.6. The maximum Gasteiger partial charge on any atom is 0.246 e. The molecule has 2 fully saturated rings. The number of amides is 3. The van der Waals surface area contributed by atoms with Gasteiger partial charge in [0.05, 0.1) is 12.3 Å². The van der Waals surface area contributed by atoms with Gasteiger partial charge in [-0.25, -0.2) is 0 Å². The van der Waals surface area contributed by atoms with Crippen LogP contribution in [0.3, 0.4) is 0 Å². The molecule has 202 valence electrons. The number of benzene rings is 1. The molecule has 3 aliphatic rings. The zero-order chi connectivity index (χ0) is 26.8. The number of nitrogens with zero attached hydrogens (tertiary/aromatic N) is 2. The van der Waals surface area contributed by atoms with Crippen molar-refractivity contribution in [2.24, 2.45) is 16.5 Å². The lowest BCUT2D eigenvalue weighted by Crippen LogP contribution is -2.58. The van der Waals surface area contributed by atoms with Crippen LogP contribution in [0.4, 0.5) is 0 Å². The maximum atomic E-state index is 14.0. The monoisotopic (exact) mass is 530 g/mol. The zero-order valence-electron chi connectivity index (χ0n) is 22.3. The van der Waals surface area contributed by atoms with Crippen molar-refractivity contribution in [3.05, 3.63) is 34.9 Å². The Kier molecular flexibility index (Phi) is 8.17. The molecule has 4 rings (SSSR count). The summed E-state index contributed by atoms with van der Waals surface area (Å²) in [6.45, 7) is 6.01. The first kappa shape index (κ1) is 27.4. The molecule has 1 spiro atoms. The number of likely N-dealkylation sites (tertiary alicyclic amines) is 1. The van der Waals surface area contributed by atoms with Crippen LogP contribution in [0.1, 0.15) is 77.7 Å². The van der Waals surface area contributed by atoms with E-state index >= 15 is 0 Å². The predicted molar refractivity (Wildman–Crippen MR) is 143 cm³/mol. The van der Waals surface area contributed by atoms with Crippen molar-refractivity contribution in [3.63, 3.8) is 0 Å². The highest BCUT2D eigenvalue weighted by atomic mass is 35.5. The molecule has 37 heavy (non-hydrogen) atoms. The number of rotatable bonds is 6. The molecule has 2 heterocycles. The number of hydrogen-bond acceptors (Lipinski definition) is 5. The highest BCUT2D eigenvalue weighted by Gasteiger charge is 2.55. The molecular weight excluding hydrogens is 492 g/mol. The summed E-state index contributed by atoms with van der Waals surface area (Å²) in [6.07, 6.45) is 6.86. The van der Waals surface area contributed by atoms with Gasteiger partial charge in [-0.05, 0) is 36.3 Å². The average molecular weight is 531 g/mol. The molecule has 0 bridgehead atoms. The van der Waals surface area contributed by atoms with E-state index in [2.05, 4.69) is 15.8 Å². The molecule has 0 unspecified atom stereocenters. The van der Waals surface area contributed by atoms with Crippen LogP contribution in [0, 0.1) is 11.3 Å². The Bertz CT molecular complexity index is 1060. The van der Waals surface area contributed by atoms with Crippen molar-refractivity contribution in [1.82, 2.24) is 15.5 Å². The van der Waals surface area contributed by atoms with E-state index in [1.807, 2.05) is 39.0 Å². The summed E-state index contributed by atoms with van der Waals surface area (Å²) < 4.78 is 0. The number of carbonyl (C=O) groups is 3. The second kappa shape index (κ2) is 11.0. The summed E-state index contributed by atoms with van der Waals surface area (Å²) in [4.78, 5) is 47.5. The first-order valence-corrected chi connectivity index (χ1v) is 13.7. The van der Waals surface area contributed by atoms with Crippen LogP contribution in [0.15, 0.2) is 29.4 Å². The fraction of sp³-hybridized carbons (Fsp3) is 0.643. The SMILES string of the molecule is CNC(=O)[C@@H]1C[C@]2(CC(c3cccc(Cl)c3)=NO2)CN1C(=O)[C@@H](NC(=O)CC1CCCCC1)C(C)(C)C. The van der Waals surface area contributed by atoms with Gasteiger partial charge in [-0.15, -0.1) is 0 Å².